The van der Waals surface area contributed by atoms with Crippen LogP contribution in [0, 0.1) is 10.5 Å². The lowest BCUT2D eigenvalue weighted by molar-refractivity contribution is -0.139. The number of carbonyl (C=O) groups excluding carboxylic acids is 3. The average Bonchev–Trinajstić information content (AvgIpc) is 2.96. The molecule has 3 rings (SSSR count). The molecule has 0 fully saturated rings. The molecule has 2 amide bonds. The molecule has 40 heavy (non-hydrogen) atoms. The summed E-state index contributed by atoms with van der Waals surface area (Å²) in [5.41, 5.74) is 2.67. The maximum atomic E-state index is 13.5. The van der Waals surface area contributed by atoms with E-state index in [1.807, 2.05) is 53.8 Å². The van der Waals surface area contributed by atoms with Gasteiger partial charge in [0.1, 0.15) is 18.5 Å². The van der Waals surface area contributed by atoms with Crippen molar-refractivity contribution >= 4 is 40.7 Å². The Morgan fingerprint density at radius 3 is 2.60 bits per heavy atom. The number of aryl methyl sites for hydroxylation is 1. The summed E-state index contributed by atoms with van der Waals surface area (Å²) in [4.78, 5) is 39.5. The zero-order valence-electron chi connectivity index (χ0n) is 22.6. The standard InChI is InChI=1S/C30H35IN2O7/c1-4-5-6-27(36)33(17-20-9-7-19(2)8-10-20)24-15-22(30(38)32-11-12-34)16-25(28(24)37)40-29-23(31)13-21(18-35)14-26(29)39-3/h4,7-10,13-14,16,18,24-25,28,34,37H,1,5-6,11-12,15,17H2,2-3H3,(H,32,38)/t24-,25+,28+/m1/s1. The van der Waals surface area contributed by atoms with Crippen molar-refractivity contribution in [1.82, 2.24) is 10.2 Å². The highest BCUT2D eigenvalue weighted by Crippen LogP contribution is 2.37. The zero-order chi connectivity index (χ0) is 29.2. The largest absolute Gasteiger partial charge is 0.493 e. The van der Waals surface area contributed by atoms with Crippen LogP contribution in [0.15, 0.2) is 60.7 Å². The van der Waals surface area contributed by atoms with Gasteiger partial charge in [0.15, 0.2) is 11.5 Å². The molecule has 10 heteroatoms. The van der Waals surface area contributed by atoms with E-state index in [1.165, 1.54) is 19.3 Å². The molecule has 0 heterocycles. The first-order chi connectivity index (χ1) is 19.2. The molecule has 1 aliphatic rings. The van der Waals surface area contributed by atoms with Crippen molar-refractivity contribution in [3.63, 3.8) is 0 Å². The second-order valence-corrected chi connectivity index (χ2v) is 10.7. The first-order valence-corrected chi connectivity index (χ1v) is 14.0. The monoisotopic (exact) mass is 662 g/mol. The van der Waals surface area contributed by atoms with Crippen LogP contribution in [0.5, 0.6) is 11.5 Å². The summed E-state index contributed by atoms with van der Waals surface area (Å²) >= 11 is 2.01. The number of nitrogens with zero attached hydrogens (tertiary/aromatic N) is 1. The van der Waals surface area contributed by atoms with E-state index in [4.69, 9.17) is 9.47 Å². The number of aliphatic hydroxyl groups is 2. The van der Waals surface area contributed by atoms with Gasteiger partial charge in [-0.05, 0) is 59.7 Å². The van der Waals surface area contributed by atoms with E-state index in [-0.39, 0.29) is 38.4 Å². The molecule has 0 aromatic heterocycles. The van der Waals surface area contributed by atoms with Gasteiger partial charge in [0, 0.05) is 37.1 Å². The molecule has 2 aromatic carbocycles. The maximum absolute atomic E-state index is 13.5. The Morgan fingerprint density at radius 1 is 1.25 bits per heavy atom. The molecule has 214 valence electrons. The van der Waals surface area contributed by atoms with Gasteiger partial charge in [-0.15, -0.1) is 6.58 Å². The first kappa shape index (κ1) is 31.3. The molecular weight excluding hydrogens is 627 g/mol. The molecule has 0 radical (unpaired) electrons. The number of rotatable bonds is 13. The van der Waals surface area contributed by atoms with Gasteiger partial charge in [0.25, 0.3) is 0 Å². The number of halogens is 1. The van der Waals surface area contributed by atoms with Crippen LogP contribution >= 0.6 is 22.6 Å². The van der Waals surface area contributed by atoms with Crippen LogP contribution in [0.3, 0.4) is 0 Å². The second kappa shape index (κ2) is 15.0. The molecule has 0 saturated heterocycles. The molecule has 0 unspecified atom stereocenters. The van der Waals surface area contributed by atoms with E-state index in [0.717, 1.165) is 11.1 Å². The van der Waals surface area contributed by atoms with E-state index < -0.39 is 24.2 Å². The highest BCUT2D eigenvalue weighted by atomic mass is 127. The molecule has 0 aliphatic heterocycles. The van der Waals surface area contributed by atoms with Crippen LogP contribution in [0.1, 0.15) is 40.7 Å². The summed E-state index contributed by atoms with van der Waals surface area (Å²) in [6.07, 6.45) is 2.42. The lowest BCUT2D eigenvalue weighted by Gasteiger charge is -2.40. The third-order valence-electron chi connectivity index (χ3n) is 6.61. The van der Waals surface area contributed by atoms with Crippen LogP contribution in [0.25, 0.3) is 0 Å². The number of aldehydes is 1. The fourth-order valence-electron chi connectivity index (χ4n) is 4.49. The van der Waals surface area contributed by atoms with E-state index in [0.29, 0.717) is 38.9 Å². The molecule has 2 aromatic rings. The maximum Gasteiger partial charge on any atom is 0.247 e. The quantitative estimate of drug-likeness (QED) is 0.171. The fraction of sp³-hybridized carbons (Fsp3) is 0.367. The number of benzene rings is 2. The number of nitrogens with one attached hydrogen (secondary N) is 1. The fourth-order valence-corrected chi connectivity index (χ4v) is 5.24. The van der Waals surface area contributed by atoms with Gasteiger partial charge in [0.2, 0.25) is 11.8 Å². The first-order valence-electron chi connectivity index (χ1n) is 12.9. The summed E-state index contributed by atoms with van der Waals surface area (Å²) in [7, 11) is 1.44. The van der Waals surface area contributed by atoms with Gasteiger partial charge in [-0.1, -0.05) is 35.9 Å². The van der Waals surface area contributed by atoms with Gasteiger partial charge in [0.05, 0.1) is 23.3 Å². The molecule has 0 bridgehead atoms. The smallest absolute Gasteiger partial charge is 0.247 e. The summed E-state index contributed by atoms with van der Waals surface area (Å²) in [5, 5.41) is 23.5. The van der Waals surface area contributed by atoms with Gasteiger partial charge < -0.3 is 29.9 Å². The molecular formula is C30H35IN2O7. The molecule has 9 nitrogen and oxygen atoms in total. The van der Waals surface area contributed by atoms with Gasteiger partial charge in [-0.2, -0.15) is 0 Å². The Kier molecular flexibility index (Phi) is 11.7. The van der Waals surface area contributed by atoms with Crippen molar-refractivity contribution in [2.24, 2.45) is 0 Å². The van der Waals surface area contributed by atoms with Gasteiger partial charge in [-0.25, -0.2) is 0 Å². The number of methoxy groups -OCH3 is 1. The topological polar surface area (TPSA) is 125 Å². The van der Waals surface area contributed by atoms with Crippen LogP contribution < -0.4 is 14.8 Å². The predicted molar refractivity (Wildman–Crippen MR) is 159 cm³/mol. The Balaban J connectivity index is 2.04. The predicted octanol–water partition coefficient (Wildman–Crippen LogP) is 3.33. The van der Waals surface area contributed by atoms with E-state index in [2.05, 4.69) is 11.9 Å². The molecule has 0 spiro atoms. The number of hydrogen-bond donors (Lipinski definition) is 3. The Hall–Kier alpha value is -3.22. The third-order valence-corrected chi connectivity index (χ3v) is 7.41. The average molecular weight is 663 g/mol. The van der Waals surface area contributed by atoms with Crippen molar-refractivity contribution in [3.05, 3.63) is 81.0 Å². The van der Waals surface area contributed by atoms with Crippen molar-refractivity contribution in [2.75, 3.05) is 20.3 Å². The molecule has 3 atom stereocenters. The van der Waals surface area contributed by atoms with Crippen LogP contribution in [0.4, 0.5) is 0 Å². The van der Waals surface area contributed by atoms with Gasteiger partial charge >= 0.3 is 0 Å². The summed E-state index contributed by atoms with van der Waals surface area (Å²) in [6, 6.07) is 10.1. The summed E-state index contributed by atoms with van der Waals surface area (Å²) in [5.74, 6) is -0.0245. The number of amides is 2. The Labute approximate surface area is 248 Å². The normalized spacial score (nSPS) is 18.3. The van der Waals surface area contributed by atoms with E-state index in [1.54, 1.807) is 17.0 Å². The number of carbonyl (C=O) groups is 3. The Morgan fingerprint density at radius 2 is 1.98 bits per heavy atom. The lowest BCUT2D eigenvalue weighted by atomic mass is 9.87. The minimum Gasteiger partial charge on any atom is -0.493 e. The van der Waals surface area contributed by atoms with Crippen molar-refractivity contribution in [1.29, 1.82) is 0 Å². The molecule has 0 saturated carbocycles. The van der Waals surface area contributed by atoms with Crippen LogP contribution in [-0.4, -0.2) is 71.7 Å². The zero-order valence-corrected chi connectivity index (χ0v) is 24.8. The minimum absolute atomic E-state index is 0.0547. The van der Waals surface area contributed by atoms with Crippen LogP contribution in [-0.2, 0) is 16.1 Å². The van der Waals surface area contributed by atoms with Crippen molar-refractivity contribution in [3.8, 4) is 11.5 Å². The highest BCUT2D eigenvalue weighted by Gasteiger charge is 2.40. The Bertz CT molecular complexity index is 1250. The minimum atomic E-state index is -1.20. The third kappa shape index (κ3) is 7.92. The summed E-state index contributed by atoms with van der Waals surface area (Å²) < 4.78 is 12.3. The number of ether oxygens (including phenoxy) is 2. The number of aliphatic hydroxyl groups excluding tert-OH is 2. The lowest BCUT2D eigenvalue weighted by Crippen LogP contribution is -2.54. The second-order valence-electron chi connectivity index (χ2n) is 9.50. The number of allylic oxidation sites excluding steroid dienone is 1. The molecule has 3 N–H and O–H groups in total. The van der Waals surface area contributed by atoms with Gasteiger partial charge in [-0.3, -0.25) is 14.4 Å². The van der Waals surface area contributed by atoms with Crippen LogP contribution in [0.2, 0.25) is 0 Å². The summed E-state index contributed by atoms with van der Waals surface area (Å²) in [6.45, 7) is 5.74. The van der Waals surface area contributed by atoms with E-state index >= 15 is 0 Å². The SMILES string of the molecule is C=CCCC(=O)N(Cc1ccc(C)cc1)[C@@H]1CC(C(=O)NCCO)=C[C@H](Oc2c(I)cc(C=O)cc2OC)[C@H]1O. The highest BCUT2D eigenvalue weighted by molar-refractivity contribution is 14.1. The van der Waals surface area contributed by atoms with Crippen molar-refractivity contribution < 1.29 is 34.1 Å². The molecule has 1 aliphatic carbocycles. The van der Waals surface area contributed by atoms with E-state index in [9.17, 15) is 24.6 Å². The number of hydrogen-bond acceptors (Lipinski definition) is 7. The van der Waals surface area contributed by atoms with Crippen molar-refractivity contribution in [2.45, 2.75) is 51.0 Å².